The van der Waals surface area contributed by atoms with Gasteiger partial charge in [0.2, 0.25) is 0 Å². The molecule has 1 heterocycles. The van der Waals surface area contributed by atoms with Crippen LogP contribution in [0.15, 0.2) is 54.6 Å². The first-order chi connectivity index (χ1) is 11.7. The minimum atomic E-state index is 0.315. The number of rotatable bonds is 4. The van der Waals surface area contributed by atoms with Gasteiger partial charge in [-0.15, -0.1) is 5.10 Å². The third kappa shape index (κ3) is 3.26. The molecule has 0 saturated carbocycles. The second kappa shape index (κ2) is 6.93. The molecule has 0 aliphatic carbocycles. The zero-order chi connectivity index (χ0) is 16.9. The molecule has 0 atom stereocenters. The van der Waals surface area contributed by atoms with Gasteiger partial charge in [-0.1, -0.05) is 67.6 Å². The Kier molecular flexibility index (Phi) is 4.53. The van der Waals surface area contributed by atoms with Crippen LogP contribution in [0.2, 0.25) is 0 Å². The monoisotopic (exact) mass is 314 g/mol. The number of nitriles is 1. The fraction of sp³-hybridized carbons (Fsp3) is 0.150. The molecule has 0 bridgehead atoms. The van der Waals surface area contributed by atoms with Gasteiger partial charge in [0.1, 0.15) is 11.8 Å². The summed E-state index contributed by atoms with van der Waals surface area (Å²) in [7, 11) is 0. The first-order valence-corrected chi connectivity index (χ1v) is 7.88. The highest BCUT2D eigenvalue weighted by molar-refractivity contribution is 5.70. The summed E-state index contributed by atoms with van der Waals surface area (Å²) in [5.41, 5.74) is 4.21. The highest BCUT2D eigenvalue weighted by Crippen LogP contribution is 2.19. The van der Waals surface area contributed by atoms with Gasteiger partial charge in [-0.05, 0) is 35.3 Å². The molecule has 0 aliphatic heterocycles. The van der Waals surface area contributed by atoms with Gasteiger partial charge in [0.05, 0.1) is 5.69 Å². The molecule has 0 N–H and O–H groups in total. The van der Waals surface area contributed by atoms with E-state index in [0.29, 0.717) is 17.3 Å². The van der Waals surface area contributed by atoms with Crippen molar-refractivity contribution in [2.75, 3.05) is 0 Å². The standard InChI is InChI=1S/C20H18N4/c1-15(2)17-9-11-18(12-10-17)24-20(19(14-21)22-23-24)13-8-16-6-4-3-5-7-16/h3-13,15H,1-2H3/b13-8+. The van der Waals surface area contributed by atoms with Gasteiger partial charge in [-0.3, -0.25) is 0 Å². The Bertz CT molecular complexity index is 882. The lowest BCUT2D eigenvalue weighted by molar-refractivity contribution is 0.794. The summed E-state index contributed by atoms with van der Waals surface area (Å²) in [5, 5.41) is 17.4. The molecule has 0 amide bonds. The number of hydrogen-bond acceptors (Lipinski definition) is 3. The van der Waals surface area contributed by atoms with E-state index in [1.807, 2.05) is 54.6 Å². The summed E-state index contributed by atoms with van der Waals surface area (Å²) in [6.45, 7) is 4.32. The van der Waals surface area contributed by atoms with Gasteiger partial charge in [0, 0.05) is 0 Å². The minimum Gasteiger partial charge on any atom is -0.212 e. The first kappa shape index (κ1) is 15.7. The lowest BCUT2D eigenvalue weighted by Crippen LogP contribution is -2.00. The van der Waals surface area contributed by atoms with Crippen molar-refractivity contribution in [3.8, 4) is 11.8 Å². The predicted octanol–water partition coefficient (Wildman–Crippen LogP) is 4.43. The molecular formula is C20H18N4. The molecule has 4 nitrogen and oxygen atoms in total. The highest BCUT2D eigenvalue weighted by atomic mass is 15.4. The smallest absolute Gasteiger partial charge is 0.190 e. The van der Waals surface area contributed by atoms with Crippen molar-refractivity contribution in [1.82, 2.24) is 15.0 Å². The van der Waals surface area contributed by atoms with Crippen molar-refractivity contribution >= 4 is 12.2 Å². The molecule has 0 fully saturated rings. The fourth-order valence-electron chi connectivity index (χ4n) is 2.45. The molecule has 3 rings (SSSR count). The van der Waals surface area contributed by atoms with Crippen molar-refractivity contribution in [2.45, 2.75) is 19.8 Å². The van der Waals surface area contributed by atoms with Crippen LogP contribution in [0, 0.1) is 11.3 Å². The van der Waals surface area contributed by atoms with E-state index < -0.39 is 0 Å². The average molecular weight is 314 g/mol. The summed E-state index contributed by atoms with van der Waals surface area (Å²) in [6, 6.07) is 20.2. The van der Waals surface area contributed by atoms with Gasteiger partial charge < -0.3 is 0 Å². The first-order valence-electron chi connectivity index (χ1n) is 7.88. The molecule has 118 valence electrons. The van der Waals surface area contributed by atoms with Gasteiger partial charge in [-0.2, -0.15) is 5.26 Å². The van der Waals surface area contributed by atoms with Gasteiger partial charge in [-0.25, -0.2) is 4.68 Å². The summed E-state index contributed by atoms with van der Waals surface area (Å²) in [5.74, 6) is 0.474. The second-order valence-corrected chi connectivity index (χ2v) is 5.84. The second-order valence-electron chi connectivity index (χ2n) is 5.84. The van der Waals surface area contributed by atoms with Crippen LogP contribution in [-0.4, -0.2) is 15.0 Å². The van der Waals surface area contributed by atoms with Crippen LogP contribution in [0.3, 0.4) is 0 Å². The van der Waals surface area contributed by atoms with Crippen LogP contribution in [0.25, 0.3) is 17.8 Å². The third-order valence-electron chi connectivity index (χ3n) is 3.85. The van der Waals surface area contributed by atoms with Crippen molar-refractivity contribution in [1.29, 1.82) is 5.26 Å². The lowest BCUT2D eigenvalue weighted by Gasteiger charge is -2.07. The number of nitrogens with zero attached hydrogens (tertiary/aromatic N) is 4. The highest BCUT2D eigenvalue weighted by Gasteiger charge is 2.11. The van der Waals surface area contributed by atoms with Gasteiger partial charge in [0.15, 0.2) is 5.69 Å². The molecule has 24 heavy (non-hydrogen) atoms. The lowest BCUT2D eigenvalue weighted by atomic mass is 10.0. The molecule has 0 radical (unpaired) electrons. The zero-order valence-corrected chi connectivity index (χ0v) is 13.7. The Labute approximate surface area is 141 Å². The Morgan fingerprint density at radius 3 is 2.33 bits per heavy atom. The van der Waals surface area contributed by atoms with Crippen molar-refractivity contribution in [2.24, 2.45) is 0 Å². The van der Waals surface area contributed by atoms with E-state index >= 15 is 0 Å². The summed E-state index contributed by atoms with van der Waals surface area (Å²) in [6.07, 6.45) is 3.84. The van der Waals surface area contributed by atoms with Gasteiger partial charge >= 0.3 is 0 Å². The Balaban J connectivity index is 1.99. The van der Waals surface area contributed by atoms with Gasteiger partial charge in [0.25, 0.3) is 0 Å². The topological polar surface area (TPSA) is 54.5 Å². The zero-order valence-electron chi connectivity index (χ0n) is 13.7. The van der Waals surface area contributed by atoms with Crippen molar-refractivity contribution in [3.05, 3.63) is 77.1 Å². The SMILES string of the molecule is CC(C)c1ccc(-n2nnc(C#N)c2/C=C/c2ccccc2)cc1. The molecule has 0 aliphatic rings. The maximum Gasteiger partial charge on any atom is 0.190 e. The molecule has 4 heteroatoms. The van der Waals surface area contributed by atoms with Crippen molar-refractivity contribution in [3.63, 3.8) is 0 Å². The van der Waals surface area contributed by atoms with Crippen LogP contribution in [0.4, 0.5) is 0 Å². The van der Waals surface area contributed by atoms with E-state index in [0.717, 1.165) is 11.3 Å². The molecule has 1 aromatic heterocycles. The molecule has 2 aromatic carbocycles. The van der Waals surface area contributed by atoms with Crippen molar-refractivity contribution < 1.29 is 0 Å². The normalized spacial score (nSPS) is 11.1. The number of hydrogen-bond donors (Lipinski definition) is 0. The molecule has 3 aromatic rings. The molecule has 0 spiro atoms. The third-order valence-corrected chi connectivity index (χ3v) is 3.85. The van der Waals surface area contributed by atoms with E-state index in [-0.39, 0.29) is 0 Å². The number of benzene rings is 2. The Morgan fingerprint density at radius 1 is 1.00 bits per heavy atom. The van der Waals surface area contributed by atoms with Crippen LogP contribution >= 0.6 is 0 Å². The average Bonchev–Trinajstić information content (AvgIpc) is 3.03. The number of aromatic nitrogens is 3. The summed E-state index contributed by atoms with van der Waals surface area (Å²) < 4.78 is 1.70. The Hall–Kier alpha value is -3.19. The predicted molar refractivity (Wildman–Crippen MR) is 95.5 cm³/mol. The van der Waals surface area contributed by atoms with Crippen LogP contribution in [0.1, 0.15) is 42.3 Å². The Morgan fingerprint density at radius 2 is 1.71 bits per heavy atom. The largest absolute Gasteiger partial charge is 0.212 e. The molecule has 0 saturated heterocycles. The minimum absolute atomic E-state index is 0.315. The van der Waals surface area contributed by atoms with Crippen LogP contribution in [0.5, 0.6) is 0 Å². The maximum absolute atomic E-state index is 9.29. The quantitative estimate of drug-likeness (QED) is 0.715. The summed E-state index contributed by atoms with van der Waals surface area (Å²) >= 11 is 0. The van der Waals surface area contributed by atoms with E-state index in [1.165, 1.54) is 5.56 Å². The fourth-order valence-corrected chi connectivity index (χ4v) is 2.45. The molecule has 0 unspecified atom stereocenters. The molecular weight excluding hydrogens is 296 g/mol. The maximum atomic E-state index is 9.29. The summed E-state index contributed by atoms with van der Waals surface area (Å²) in [4.78, 5) is 0. The van der Waals surface area contributed by atoms with Crippen LogP contribution < -0.4 is 0 Å². The van der Waals surface area contributed by atoms with E-state index in [1.54, 1.807) is 4.68 Å². The van der Waals surface area contributed by atoms with Crippen LogP contribution in [-0.2, 0) is 0 Å². The van der Waals surface area contributed by atoms with E-state index in [4.69, 9.17) is 0 Å². The van der Waals surface area contributed by atoms with E-state index in [9.17, 15) is 5.26 Å². The van der Waals surface area contributed by atoms with E-state index in [2.05, 4.69) is 42.4 Å².